The molecule has 118 valence electrons. The highest BCUT2D eigenvalue weighted by atomic mass is 35.5. The van der Waals surface area contributed by atoms with E-state index < -0.39 is 0 Å². The van der Waals surface area contributed by atoms with Crippen molar-refractivity contribution >= 4 is 23.3 Å². The Morgan fingerprint density at radius 1 is 1.24 bits per heavy atom. The van der Waals surface area contributed by atoms with Crippen molar-refractivity contribution in [2.75, 3.05) is 11.9 Å². The molecule has 0 saturated carbocycles. The van der Waals surface area contributed by atoms with E-state index in [4.69, 9.17) is 11.6 Å². The molecular formula is C16H26ClN3O. The molecule has 1 aromatic rings. The molecule has 0 aliphatic heterocycles. The van der Waals surface area contributed by atoms with Crippen molar-refractivity contribution in [2.24, 2.45) is 5.41 Å². The van der Waals surface area contributed by atoms with Gasteiger partial charge in [-0.25, -0.2) is 4.98 Å². The number of nitrogens with one attached hydrogen (secondary N) is 2. The fraction of sp³-hybridized carbons (Fsp3) is 0.625. The average Bonchev–Trinajstić information content (AvgIpc) is 2.27. The number of pyridine rings is 1. The molecule has 4 nitrogen and oxygen atoms in total. The van der Waals surface area contributed by atoms with Crippen LogP contribution in [0.2, 0.25) is 5.02 Å². The van der Waals surface area contributed by atoms with E-state index in [1.54, 1.807) is 12.1 Å². The Bertz CT molecular complexity index is 507. The molecule has 1 heterocycles. The fourth-order valence-electron chi connectivity index (χ4n) is 2.62. The maximum absolute atomic E-state index is 12.4. The normalized spacial score (nSPS) is 12.1. The smallest absolute Gasteiger partial charge is 0.271 e. The lowest BCUT2D eigenvalue weighted by Gasteiger charge is -2.33. The van der Waals surface area contributed by atoms with Gasteiger partial charge in [0.25, 0.3) is 5.91 Å². The average molecular weight is 312 g/mol. The summed E-state index contributed by atoms with van der Waals surface area (Å²) >= 11 is 6.10. The molecule has 0 atom stereocenters. The highest BCUT2D eigenvalue weighted by Crippen LogP contribution is 2.27. The molecule has 0 aliphatic carbocycles. The molecule has 0 spiro atoms. The van der Waals surface area contributed by atoms with Crippen molar-refractivity contribution in [1.82, 2.24) is 10.3 Å². The zero-order valence-corrected chi connectivity index (χ0v) is 14.6. The van der Waals surface area contributed by atoms with Crippen molar-refractivity contribution in [3.63, 3.8) is 0 Å². The minimum atomic E-state index is -0.325. The van der Waals surface area contributed by atoms with Gasteiger partial charge in [-0.1, -0.05) is 32.4 Å². The van der Waals surface area contributed by atoms with E-state index in [2.05, 4.69) is 36.4 Å². The topological polar surface area (TPSA) is 54.0 Å². The molecular weight excluding hydrogens is 286 g/mol. The minimum absolute atomic E-state index is 0.125. The summed E-state index contributed by atoms with van der Waals surface area (Å²) in [5, 5.41) is 6.47. The second-order valence-electron chi connectivity index (χ2n) is 7.13. The fourth-order valence-corrected chi connectivity index (χ4v) is 2.81. The van der Waals surface area contributed by atoms with Crippen LogP contribution in [0.1, 0.15) is 58.5 Å². The SMILES string of the molecule is CCNc1ccc(Cl)c(C(=O)NC(C)(C)CC(C)(C)C)n1. The van der Waals surface area contributed by atoms with E-state index in [9.17, 15) is 4.79 Å². The summed E-state index contributed by atoms with van der Waals surface area (Å²) in [7, 11) is 0. The van der Waals surface area contributed by atoms with Gasteiger partial charge in [-0.3, -0.25) is 4.79 Å². The van der Waals surface area contributed by atoms with Gasteiger partial charge >= 0.3 is 0 Å². The molecule has 0 saturated heterocycles. The van der Waals surface area contributed by atoms with E-state index >= 15 is 0 Å². The lowest BCUT2D eigenvalue weighted by Crippen LogP contribution is -2.46. The molecule has 0 aliphatic rings. The highest BCUT2D eigenvalue weighted by Gasteiger charge is 2.28. The van der Waals surface area contributed by atoms with Crippen LogP contribution >= 0.6 is 11.6 Å². The Morgan fingerprint density at radius 2 is 1.86 bits per heavy atom. The summed E-state index contributed by atoms with van der Waals surface area (Å²) in [5.74, 6) is 0.412. The van der Waals surface area contributed by atoms with E-state index in [0.717, 1.165) is 13.0 Å². The third-order valence-corrected chi connectivity index (χ3v) is 3.15. The lowest BCUT2D eigenvalue weighted by molar-refractivity contribution is 0.0886. The molecule has 0 radical (unpaired) electrons. The summed E-state index contributed by atoms with van der Waals surface area (Å²) in [6, 6.07) is 3.46. The molecule has 21 heavy (non-hydrogen) atoms. The Balaban J connectivity index is 2.91. The van der Waals surface area contributed by atoms with Crippen LogP contribution in [0.4, 0.5) is 5.82 Å². The van der Waals surface area contributed by atoms with Gasteiger partial charge in [0.1, 0.15) is 11.5 Å². The number of hydrogen-bond donors (Lipinski definition) is 2. The van der Waals surface area contributed by atoms with Gasteiger partial charge < -0.3 is 10.6 Å². The molecule has 2 N–H and O–H groups in total. The van der Waals surface area contributed by atoms with Gasteiger partial charge in [0.2, 0.25) is 0 Å². The van der Waals surface area contributed by atoms with Crippen LogP contribution in [0, 0.1) is 5.41 Å². The predicted octanol–water partition coefficient (Wildman–Crippen LogP) is 4.11. The van der Waals surface area contributed by atoms with Gasteiger partial charge in [0, 0.05) is 12.1 Å². The molecule has 1 amide bonds. The Labute approximate surface area is 132 Å². The first-order valence-corrected chi connectivity index (χ1v) is 7.65. The molecule has 5 heteroatoms. The minimum Gasteiger partial charge on any atom is -0.370 e. The van der Waals surface area contributed by atoms with Gasteiger partial charge in [0.15, 0.2) is 0 Å². The number of anilines is 1. The number of rotatable bonds is 5. The van der Waals surface area contributed by atoms with Crippen LogP contribution in [-0.2, 0) is 0 Å². The lowest BCUT2D eigenvalue weighted by atomic mass is 9.82. The zero-order chi connectivity index (χ0) is 16.3. The summed E-state index contributed by atoms with van der Waals surface area (Å²) in [6.45, 7) is 13.2. The van der Waals surface area contributed by atoms with E-state index in [1.807, 2.05) is 20.8 Å². The number of aromatic nitrogens is 1. The number of nitrogens with zero attached hydrogens (tertiary/aromatic N) is 1. The second kappa shape index (κ2) is 6.65. The first kappa shape index (κ1) is 17.8. The van der Waals surface area contributed by atoms with Crippen LogP contribution < -0.4 is 10.6 Å². The Morgan fingerprint density at radius 3 is 2.38 bits per heavy atom. The summed E-state index contributed by atoms with van der Waals surface area (Å²) < 4.78 is 0. The largest absolute Gasteiger partial charge is 0.370 e. The molecule has 1 rings (SSSR count). The third-order valence-electron chi connectivity index (χ3n) is 2.84. The van der Waals surface area contributed by atoms with Crippen LogP contribution in [-0.4, -0.2) is 23.0 Å². The van der Waals surface area contributed by atoms with Crippen LogP contribution in [0.15, 0.2) is 12.1 Å². The van der Waals surface area contributed by atoms with Crippen LogP contribution in [0.3, 0.4) is 0 Å². The van der Waals surface area contributed by atoms with E-state index in [0.29, 0.717) is 10.8 Å². The summed E-state index contributed by atoms with van der Waals surface area (Å²) in [4.78, 5) is 16.7. The molecule has 1 aromatic heterocycles. The van der Waals surface area contributed by atoms with Crippen molar-refractivity contribution in [3.05, 3.63) is 22.8 Å². The van der Waals surface area contributed by atoms with Gasteiger partial charge in [-0.05, 0) is 44.7 Å². The second-order valence-corrected chi connectivity index (χ2v) is 7.54. The van der Waals surface area contributed by atoms with Gasteiger partial charge in [-0.15, -0.1) is 0 Å². The van der Waals surface area contributed by atoms with Crippen LogP contribution in [0.25, 0.3) is 0 Å². The number of carbonyl (C=O) groups excluding carboxylic acids is 1. The first-order chi connectivity index (χ1) is 9.54. The molecule has 0 bridgehead atoms. The quantitative estimate of drug-likeness (QED) is 0.860. The van der Waals surface area contributed by atoms with E-state index in [1.165, 1.54) is 0 Å². The van der Waals surface area contributed by atoms with Gasteiger partial charge in [-0.2, -0.15) is 0 Å². The Hall–Kier alpha value is -1.29. The number of halogens is 1. The van der Waals surface area contributed by atoms with Crippen molar-refractivity contribution in [1.29, 1.82) is 0 Å². The zero-order valence-electron chi connectivity index (χ0n) is 13.8. The van der Waals surface area contributed by atoms with Crippen molar-refractivity contribution in [3.8, 4) is 0 Å². The maximum Gasteiger partial charge on any atom is 0.271 e. The standard InChI is InChI=1S/C16H26ClN3O/c1-7-18-12-9-8-11(17)13(19-12)14(21)20-16(5,6)10-15(2,3)4/h8-9H,7,10H2,1-6H3,(H,18,19)(H,20,21). The van der Waals surface area contributed by atoms with Crippen molar-refractivity contribution in [2.45, 2.75) is 53.5 Å². The molecule has 0 fully saturated rings. The van der Waals surface area contributed by atoms with Gasteiger partial charge in [0.05, 0.1) is 5.02 Å². The third kappa shape index (κ3) is 5.92. The summed E-state index contributed by atoms with van der Waals surface area (Å²) in [6.07, 6.45) is 0.857. The Kier molecular flexibility index (Phi) is 5.62. The molecule has 0 aromatic carbocycles. The number of amides is 1. The number of hydrogen-bond acceptors (Lipinski definition) is 3. The van der Waals surface area contributed by atoms with Crippen molar-refractivity contribution < 1.29 is 4.79 Å². The number of carbonyl (C=O) groups is 1. The first-order valence-electron chi connectivity index (χ1n) is 7.27. The van der Waals surface area contributed by atoms with Crippen LogP contribution in [0.5, 0.6) is 0 Å². The van der Waals surface area contributed by atoms with E-state index in [-0.39, 0.29) is 22.6 Å². The molecule has 0 unspecified atom stereocenters. The summed E-state index contributed by atoms with van der Waals surface area (Å²) in [5.41, 5.74) is 0.0610. The predicted molar refractivity (Wildman–Crippen MR) is 89.0 cm³/mol. The monoisotopic (exact) mass is 311 g/mol. The highest BCUT2D eigenvalue weighted by molar-refractivity contribution is 6.33. The maximum atomic E-state index is 12.4.